The fourth-order valence-electron chi connectivity index (χ4n) is 1.58. The Balaban J connectivity index is 1.81. The number of benzene rings is 1. The quantitative estimate of drug-likeness (QED) is 0.888. The summed E-state index contributed by atoms with van der Waals surface area (Å²) in [6, 6.07) is 9.55. The van der Waals surface area contributed by atoms with Crippen LogP contribution in [-0.2, 0) is 4.79 Å². The maximum absolute atomic E-state index is 12.7. The van der Waals surface area contributed by atoms with Crippen LogP contribution in [0.25, 0.3) is 0 Å². The van der Waals surface area contributed by atoms with Crippen LogP contribution in [0.2, 0.25) is 0 Å². The van der Waals surface area contributed by atoms with E-state index in [0.717, 1.165) is 11.9 Å². The van der Waals surface area contributed by atoms with Gasteiger partial charge in [0, 0.05) is 0 Å². The molecule has 1 N–H and O–H groups in total. The Bertz CT molecular complexity index is 585. The van der Waals surface area contributed by atoms with E-state index < -0.39 is 5.82 Å². The minimum atomic E-state index is -0.460. The molecular weight excluding hydrogens is 275 g/mol. The first kappa shape index (κ1) is 14.8. The van der Waals surface area contributed by atoms with E-state index in [4.69, 9.17) is 9.47 Å². The molecule has 1 amide bonds. The first-order valence-corrected chi connectivity index (χ1v) is 6.44. The van der Waals surface area contributed by atoms with Crippen LogP contribution < -0.4 is 14.8 Å². The molecule has 0 aliphatic rings. The van der Waals surface area contributed by atoms with Gasteiger partial charge >= 0.3 is 0 Å². The molecule has 0 saturated carbocycles. The molecule has 6 heteroatoms. The van der Waals surface area contributed by atoms with Gasteiger partial charge in [-0.05, 0) is 43.3 Å². The monoisotopic (exact) mass is 290 g/mol. The van der Waals surface area contributed by atoms with Crippen molar-refractivity contribution in [3.63, 3.8) is 0 Å². The minimum Gasteiger partial charge on any atom is -0.494 e. The lowest BCUT2D eigenvalue weighted by Crippen LogP contribution is -2.20. The Labute approximate surface area is 121 Å². The van der Waals surface area contributed by atoms with Gasteiger partial charge in [-0.15, -0.1) is 0 Å². The molecule has 0 fully saturated rings. The van der Waals surface area contributed by atoms with Gasteiger partial charge in [-0.1, -0.05) is 0 Å². The van der Waals surface area contributed by atoms with Gasteiger partial charge < -0.3 is 14.8 Å². The molecule has 0 aliphatic heterocycles. The minimum absolute atomic E-state index is 0.160. The molecule has 1 heterocycles. The number of hydrogen-bond donors (Lipinski definition) is 1. The van der Waals surface area contributed by atoms with Gasteiger partial charge in [0.2, 0.25) is 0 Å². The van der Waals surface area contributed by atoms with E-state index in [-0.39, 0.29) is 18.3 Å². The highest BCUT2D eigenvalue weighted by atomic mass is 19.1. The summed E-state index contributed by atoms with van der Waals surface area (Å²) in [5, 5.41) is 2.50. The zero-order valence-electron chi connectivity index (χ0n) is 11.5. The number of rotatable bonds is 6. The highest BCUT2D eigenvalue weighted by Gasteiger charge is 2.05. The van der Waals surface area contributed by atoms with E-state index in [2.05, 4.69) is 10.3 Å². The predicted octanol–water partition coefficient (Wildman–Crippen LogP) is 2.64. The molecule has 2 rings (SSSR count). The Morgan fingerprint density at radius 1 is 1.14 bits per heavy atom. The number of pyridine rings is 1. The van der Waals surface area contributed by atoms with Crippen LogP contribution in [0.1, 0.15) is 6.92 Å². The molecular formula is C15H15FN2O3. The number of carbonyl (C=O) groups excluding carboxylic acids is 1. The maximum Gasteiger partial charge on any atom is 0.263 e. The predicted molar refractivity (Wildman–Crippen MR) is 75.9 cm³/mol. The molecule has 5 nitrogen and oxygen atoms in total. The van der Waals surface area contributed by atoms with Crippen LogP contribution in [-0.4, -0.2) is 24.1 Å². The highest BCUT2D eigenvalue weighted by molar-refractivity contribution is 5.90. The number of nitrogens with zero attached hydrogens (tertiary/aromatic N) is 1. The lowest BCUT2D eigenvalue weighted by atomic mass is 10.3. The van der Waals surface area contributed by atoms with Crippen molar-refractivity contribution in [3.8, 4) is 11.5 Å². The van der Waals surface area contributed by atoms with Crippen molar-refractivity contribution in [1.82, 2.24) is 4.98 Å². The molecule has 2 aromatic rings. The Hall–Kier alpha value is -2.63. The zero-order chi connectivity index (χ0) is 15.1. The van der Waals surface area contributed by atoms with Crippen LogP contribution in [0.5, 0.6) is 11.5 Å². The number of carbonyl (C=O) groups is 1. The zero-order valence-corrected chi connectivity index (χ0v) is 11.5. The fourth-order valence-corrected chi connectivity index (χ4v) is 1.58. The van der Waals surface area contributed by atoms with Gasteiger partial charge in [0.05, 0.1) is 12.8 Å². The van der Waals surface area contributed by atoms with Crippen molar-refractivity contribution in [2.24, 2.45) is 0 Å². The Morgan fingerprint density at radius 2 is 1.81 bits per heavy atom. The number of halogens is 1. The summed E-state index contributed by atoms with van der Waals surface area (Å²) in [6.45, 7) is 2.33. The molecule has 0 spiro atoms. The van der Waals surface area contributed by atoms with E-state index in [1.54, 1.807) is 24.3 Å². The summed E-state index contributed by atoms with van der Waals surface area (Å²) >= 11 is 0. The third-order valence-corrected chi connectivity index (χ3v) is 2.50. The van der Waals surface area contributed by atoms with Crippen LogP contribution in [0, 0.1) is 5.82 Å². The summed E-state index contributed by atoms with van der Waals surface area (Å²) in [5.41, 5.74) is 0. The first-order chi connectivity index (χ1) is 10.2. The average molecular weight is 290 g/mol. The molecule has 0 bridgehead atoms. The highest BCUT2D eigenvalue weighted by Crippen LogP contribution is 2.17. The third-order valence-electron chi connectivity index (χ3n) is 2.50. The summed E-state index contributed by atoms with van der Waals surface area (Å²) in [4.78, 5) is 15.4. The van der Waals surface area contributed by atoms with E-state index in [0.29, 0.717) is 12.4 Å². The second-order valence-electron chi connectivity index (χ2n) is 4.10. The van der Waals surface area contributed by atoms with Gasteiger partial charge in [-0.3, -0.25) is 4.79 Å². The molecule has 0 unspecified atom stereocenters. The number of anilines is 1. The van der Waals surface area contributed by atoms with Crippen molar-refractivity contribution in [2.75, 3.05) is 18.5 Å². The topological polar surface area (TPSA) is 60.5 Å². The van der Waals surface area contributed by atoms with Crippen molar-refractivity contribution in [3.05, 3.63) is 48.4 Å². The SMILES string of the molecule is CCOc1ccc(OCC(=O)Nc2ccc(F)cn2)cc1. The number of ether oxygens (including phenoxy) is 2. The van der Waals surface area contributed by atoms with E-state index in [1.807, 2.05) is 6.92 Å². The van der Waals surface area contributed by atoms with Crippen molar-refractivity contribution in [1.29, 1.82) is 0 Å². The lowest BCUT2D eigenvalue weighted by Gasteiger charge is -2.08. The summed E-state index contributed by atoms with van der Waals surface area (Å²) in [5.74, 6) is 0.740. The van der Waals surface area contributed by atoms with Crippen molar-refractivity contribution >= 4 is 11.7 Å². The standard InChI is InChI=1S/C15H15FN2O3/c1-2-20-12-4-6-13(7-5-12)21-10-15(19)18-14-8-3-11(16)9-17-14/h3-9H,2,10H2,1H3,(H,17,18,19). The third kappa shape index (κ3) is 4.76. The summed E-state index contributed by atoms with van der Waals surface area (Å²) < 4.78 is 23.3. The van der Waals surface area contributed by atoms with Crippen molar-refractivity contribution < 1.29 is 18.7 Å². The molecule has 110 valence electrons. The second kappa shape index (κ2) is 7.23. The maximum atomic E-state index is 12.7. The Kier molecular flexibility index (Phi) is 5.09. The molecule has 1 aromatic carbocycles. The largest absolute Gasteiger partial charge is 0.494 e. The van der Waals surface area contributed by atoms with Gasteiger partial charge in [-0.2, -0.15) is 0 Å². The average Bonchev–Trinajstić information content (AvgIpc) is 2.49. The van der Waals surface area contributed by atoms with Gasteiger partial charge in [0.1, 0.15) is 23.1 Å². The molecule has 0 radical (unpaired) electrons. The smallest absolute Gasteiger partial charge is 0.263 e. The lowest BCUT2D eigenvalue weighted by molar-refractivity contribution is -0.118. The second-order valence-corrected chi connectivity index (χ2v) is 4.10. The van der Waals surface area contributed by atoms with Gasteiger partial charge in [0.25, 0.3) is 5.91 Å². The first-order valence-electron chi connectivity index (χ1n) is 6.44. The van der Waals surface area contributed by atoms with Crippen LogP contribution in [0.15, 0.2) is 42.6 Å². The molecule has 21 heavy (non-hydrogen) atoms. The molecule has 0 atom stereocenters. The van der Waals surface area contributed by atoms with Crippen LogP contribution in [0.3, 0.4) is 0 Å². The van der Waals surface area contributed by atoms with E-state index >= 15 is 0 Å². The summed E-state index contributed by atoms with van der Waals surface area (Å²) in [7, 11) is 0. The van der Waals surface area contributed by atoms with E-state index in [9.17, 15) is 9.18 Å². The number of hydrogen-bond acceptors (Lipinski definition) is 4. The molecule has 0 saturated heterocycles. The van der Waals surface area contributed by atoms with Gasteiger partial charge in [0.15, 0.2) is 6.61 Å². The number of nitrogens with one attached hydrogen (secondary N) is 1. The number of amides is 1. The van der Waals surface area contributed by atoms with Crippen LogP contribution in [0.4, 0.5) is 10.2 Å². The summed E-state index contributed by atoms with van der Waals surface area (Å²) in [6.07, 6.45) is 1.03. The molecule has 1 aromatic heterocycles. The Morgan fingerprint density at radius 3 is 2.38 bits per heavy atom. The van der Waals surface area contributed by atoms with Gasteiger partial charge in [-0.25, -0.2) is 9.37 Å². The van der Waals surface area contributed by atoms with Crippen molar-refractivity contribution in [2.45, 2.75) is 6.92 Å². The fraction of sp³-hybridized carbons (Fsp3) is 0.200. The molecule has 0 aliphatic carbocycles. The van der Waals surface area contributed by atoms with E-state index in [1.165, 1.54) is 12.1 Å². The van der Waals surface area contributed by atoms with Crippen LogP contribution >= 0.6 is 0 Å². The normalized spacial score (nSPS) is 10.0. The number of aromatic nitrogens is 1.